The van der Waals surface area contributed by atoms with E-state index in [0.717, 1.165) is 12.8 Å². The van der Waals surface area contributed by atoms with Crippen LogP contribution >= 0.6 is 11.3 Å². The van der Waals surface area contributed by atoms with Gasteiger partial charge in [0.05, 0.1) is 18.4 Å². The van der Waals surface area contributed by atoms with E-state index in [1.807, 2.05) is 6.08 Å². The Bertz CT molecular complexity index is 545. The molecule has 0 bridgehead atoms. The van der Waals surface area contributed by atoms with Gasteiger partial charge >= 0.3 is 5.97 Å². The lowest BCUT2D eigenvalue weighted by Gasteiger charge is -2.18. The molecule has 21 heavy (non-hydrogen) atoms. The van der Waals surface area contributed by atoms with Crippen LogP contribution in [-0.4, -0.2) is 24.0 Å². The van der Waals surface area contributed by atoms with E-state index in [1.54, 1.807) is 5.38 Å². The van der Waals surface area contributed by atoms with Gasteiger partial charge in [-0.2, -0.15) is 0 Å². The van der Waals surface area contributed by atoms with Crippen LogP contribution in [0.4, 0.5) is 5.13 Å². The highest BCUT2D eigenvalue weighted by Gasteiger charge is 2.20. The maximum absolute atomic E-state index is 12.0. The fourth-order valence-corrected chi connectivity index (χ4v) is 3.27. The number of rotatable bonds is 4. The second-order valence-corrected chi connectivity index (χ2v) is 6.05. The Morgan fingerprint density at radius 1 is 1.38 bits per heavy atom. The summed E-state index contributed by atoms with van der Waals surface area (Å²) in [5.74, 6) is -0.147. The molecule has 0 unspecified atom stereocenters. The van der Waals surface area contributed by atoms with Crippen LogP contribution in [0.5, 0.6) is 0 Å². The molecule has 0 aromatic carbocycles. The number of anilines is 1. The van der Waals surface area contributed by atoms with Crippen LogP contribution < -0.4 is 5.32 Å². The molecule has 1 amide bonds. The molecule has 1 aliphatic rings. The number of hydrogen-bond donors (Lipinski definition) is 1. The summed E-state index contributed by atoms with van der Waals surface area (Å²) in [5, 5.41) is 4.90. The number of nitrogens with zero attached hydrogens (tertiary/aromatic N) is 1. The SMILES string of the molecule is COC(=O)C(=CC1CCCCC1)c1csc(NC(C)=O)n1. The summed E-state index contributed by atoms with van der Waals surface area (Å²) in [7, 11) is 1.37. The minimum atomic E-state index is -0.375. The van der Waals surface area contributed by atoms with Crippen molar-refractivity contribution in [1.29, 1.82) is 0 Å². The Balaban J connectivity index is 2.22. The molecule has 2 rings (SSSR count). The van der Waals surface area contributed by atoms with Crippen LogP contribution in [0.15, 0.2) is 11.5 Å². The average molecular weight is 308 g/mol. The lowest BCUT2D eigenvalue weighted by molar-refractivity contribution is -0.133. The van der Waals surface area contributed by atoms with Crippen LogP contribution in [0.2, 0.25) is 0 Å². The number of methoxy groups -OCH3 is 1. The Morgan fingerprint density at radius 2 is 2.10 bits per heavy atom. The standard InChI is InChI=1S/C15H20N2O3S/c1-10(18)16-15-17-13(9-21-15)12(14(19)20-2)8-11-6-4-3-5-7-11/h8-9,11H,3-7H2,1-2H3,(H,16,17,18). The van der Waals surface area contributed by atoms with Gasteiger partial charge in [0.2, 0.25) is 5.91 Å². The van der Waals surface area contributed by atoms with Crippen LogP contribution in [0, 0.1) is 5.92 Å². The summed E-state index contributed by atoms with van der Waals surface area (Å²) >= 11 is 1.30. The van der Waals surface area contributed by atoms with Crippen molar-refractivity contribution in [2.24, 2.45) is 5.92 Å². The van der Waals surface area contributed by atoms with Crippen LogP contribution in [0.1, 0.15) is 44.7 Å². The van der Waals surface area contributed by atoms with Crippen molar-refractivity contribution in [2.75, 3.05) is 12.4 Å². The Kier molecular flexibility index (Phi) is 5.50. The number of hydrogen-bond acceptors (Lipinski definition) is 5. The van der Waals surface area contributed by atoms with Crippen LogP contribution in [-0.2, 0) is 14.3 Å². The molecule has 114 valence electrons. The molecular weight excluding hydrogens is 288 g/mol. The molecule has 5 nitrogen and oxygen atoms in total. The summed E-state index contributed by atoms with van der Waals surface area (Å²) in [5.41, 5.74) is 1.07. The van der Waals surface area contributed by atoms with E-state index in [0.29, 0.717) is 22.3 Å². The van der Waals surface area contributed by atoms with Gasteiger partial charge in [-0.3, -0.25) is 4.79 Å². The van der Waals surface area contributed by atoms with Crippen molar-refractivity contribution in [3.05, 3.63) is 17.2 Å². The smallest absolute Gasteiger partial charge is 0.339 e. The lowest BCUT2D eigenvalue weighted by Crippen LogP contribution is -2.10. The minimum Gasteiger partial charge on any atom is -0.465 e. The number of carbonyl (C=O) groups is 2. The Hall–Kier alpha value is -1.69. The Labute approximate surface area is 128 Å². The quantitative estimate of drug-likeness (QED) is 0.685. The van der Waals surface area contributed by atoms with Crippen molar-refractivity contribution in [1.82, 2.24) is 4.98 Å². The monoisotopic (exact) mass is 308 g/mol. The molecule has 1 aliphatic carbocycles. The van der Waals surface area contributed by atoms with Gasteiger partial charge in [-0.1, -0.05) is 25.3 Å². The van der Waals surface area contributed by atoms with E-state index in [1.165, 1.54) is 44.6 Å². The summed E-state index contributed by atoms with van der Waals surface area (Å²) in [6.45, 7) is 1.43. The van der Waals surface area contributed by atoms with Gasteiger partial charge in [0.1, 0.15) is 0 Å². The molecule has 6 heteroatoms. The molecule has 0 spiro atoms. The molecule has 1 heterocycles. The lowest BCUT2D eigenvalue weighted by atomic mass is 9.87. The number of amides is 1. The zero-order chi connectivity index (χ0) is 15.2. The summed E-state index contributed by atoms with van der Waals surface area (Å²) < 4.78 is 4.87. The number of carbonyl (C=O) groups excluding carboxylic acids is 2. The van der Waals surface area contributed by atoms with Crippen molar-refractivity contribution in [3.63, 3.8) is 0 Å². The zero-order valence-electron chi connectivity index (χ0n) is 12.3. The fraction of sp³-hybridized carbons (Fsp3) is 0.533. The number of esters is 1. The third-order valence-corrected chi connectivity index (χ3v) is 4.28. The maximum atomic E-state index is 12.0. The number of ether oxygens (including phenoxy) is 1. The fourth-order valence-electron chi connectivity index (χ4n) is 2.51. The molecule has 1 aromatic heterocycles. The molecule has 0 aliphatic heterocycles. The molecule has 1 N–H and O–H groups in total. The molecule has 1 aromatic rings. The Morgan fingerprint density at radius 3 is 2.71 bits per heavy atom. The number of aromatic nitrogens is 1. The van der Waals surface area contributed by atoms with E-state index in [9.17, 15) is 9.59 Å². The van der Waals surface area contributed by atoms with E-state index in [4.69, 9.17) is 4.74 Å². The largest absolute Gasteiger partial charge is 0.465 e. The summed E-state index contributed by atoms with van der Waals surface area (Å²) in [4.78, 5) is 27.4. The highest BCUT2D eigenvalue weighted by molar-refractivity contribution is 7.14. The second kappa shape index (κ2) is 7.36. The van der Waals surface area contributed by atoms with Crippen LogP contribution in [0.3, 0.4) is 0 Å². The van der Waals surface area contributed by atoms with Gasteiger partial charge in [-0.25, -0.2) is 9.78 Å². The molecular formula is C15H20N2O3S. The highest BCUT2D eigenvalue weighted by atomic mass is 32.1. The molecule has 1 fully saturated rings. The van der Waals surface area contributed by atoms with E-state index < -0.39 is 0 Å². The normalized spacial score (nSPS) is 16.6. The maximum Gasteiger partial charge on any atom is 0.339 e. The van der Waals surface area contributed by atoms with Gasteiger partial charge in [0.25, 0.3) is 0 Å². The number of nitrogens with one attached hydrogen (secondary N) is 1. The number of allylic oxidation sites excluding steroid dienone is 1. The summed E-state index contributed by atoms with van der Waals surface area (Å²) in [6, 6.07) is 0. The topological polar surface area (TPSA) is 68.3 Å². The predicted molar refractivity (Wildman–Crippen MR) is 83.0 cm³/mol. The van der Waals surface area contributed by atoms with Crippen molar-refractivity contribution < 1.29 is 14.3 Å². The first-order chi connectivity index (χ1) is 10.1. The van der Waals surface area contributed by atoms with Crippen molar-refractivity contribution in [2.45, 2.75) is 39.0 Å². The first kappa shape index (κ1) is 15.7. The van der Waals surface area contributed by atoms with Crippen LogP contribution in [0.25, 0.3) is 5.57 Å². The minimum absolute atomic E-state index is 0.174. The third-order valence-electron chi connectivity index (χ3n) is 3.52. The molecule has 1 saturated carbocycles. The average Bonchev–Trinajstić information content (AvgIpc) is 2.92. The van der Waals surface area contributed by atoms with Gasteiger partial charge in [-0.15, -0.1) is 11.3 Å². The van der Waals surface area contributed by atoms with Gasteiger partial charge in [0, 0.05) is 12.3 Å². The first-order valence-corrected chi connectivity index (χ1v) is 8.01. The predicted octanol–water partition coefficient (Wildman–Crippen LogP) is 3.24. The highest BCUT2D eigenvalue weighted by Crippen LogP contribution is 2.29. The molecule has 0 saturated heterocycles. The zero-order valence-corrected chi connectivity index (χ0v) is 13.2. The van der Waals surface area contributed by atoms with Crippen molar-refractivity contribution in [3.8, 4) is 0 Å². The summed E-state index contributed by atoms with van der Waals surface area (Å²) in [6.07, 6.45) is 7.85. The first-order valence-electron chi connectivity index (χ1n) is 7.13. The molecule has 0 atom stereocenters. The second-order valence-electron chi connectivity index (χ2n) is 5.19. The number of thiazole rings is 1. The molecule has 0 radical (unpaired) electrons. The van der Waals surface area contributed by atoms with Gasteiger partial charge < -0.3 is 10.1 Å². The van der Waals surface area contributed by atoms with E-state index in [2.05, 4.69) is 10.3 Å². The van der Waals surface area contributed by atoms with Crippen molar-refractivity contribution >= 4 is 33.9 Å². The van der Waals surface area contributed by atoms with E-state index in [-0.39, 0.29) is 11.9 Å². The van der Waals surface area contributed by atoms with E-state index >= 15 is 0 Å². The van der Waals surface area contributed by atoms with Gasteiger partial charge in [-0.05, 0) is 18.8 Å². The third kappa shape index (κ3) is 4.39. The van der Waals surface area contributed by atoms with Gasteiger partial charge in [0.15, 0.2) is 5.13 Å².